The molecule has 0 saturated heterocycles. The molecule has 0 unspecified atom stereocenters. The fourth-order valence-corrected chi connectivity index (χ4v) is 2.65. The molecule has 0 heterocycles. The number of amides is 1. The van der Waals surface area contributed by atoms with Gasteiger partial charge in [-0.05, 0) is 49.1 Å². The molecule has 3 nitrogen and oxygen atoms in total. The zero-order chi connectivity index (χ0) is 15.5. The monoisotopic (exact) mass is 295 g/mol. The van der Waals surface area contributed by atoms with Gasteiger partial charge in [-0.15, -0.1) is 0 Å². The molecule has 0 N–H and O–H groups in total. The van der Waals surface area contributed by atoms with Crippen LogP contribution in [0.5, 0.6) is 5.75 Å². The van der Waals surface area contributed by atoms with E-state index in [-0.39, 0.29) is 5.91 Å². The van der Waals surface area contributed by atoms with Crippen molar-refractivity contribution in [2.24, 2.45) is 0 Å². The Morgan fingerprint density at radius 1 is 1.14 bits per heavy atom. The van der Waals surface area contributed by atoms with E-state index in [4.69, 9.17) is 4.74 Å². The summed E-state index contributed by atoms with van der Waals surface area (Å²) in [6.07, 6.45) is 2.21. The van der Waals surface area contributed by atoms with Gasteiger partial charge in [-0.25, -0.2) is 0 Å². The molecule has 0 aliphatic heterocycles. The summed E-state index contributed by atoms with van der Waals surface area (Å²) in [6, 6.07) is 16.1. The Morgan fingerprint density at radius 3 is 2.41 bits per heavy atom. The number of nitrogens with zero attached hydrogens (tertiary/aromatic N) is 1. The highest BCUT2D eigenvalue weighted by atomic mass is 16.5. The summed E-state index contributed by atoms with van der Waals surface area (Å²) in [5.74, 6) is 0.975. The van der Waals surface area contributed by atoms with Gasteiger partial charge in [0.05, 0.1) is 7.11 Å². The van der Waals surface area contributed by atoms with Crippen molar-refractivity contribution in [3.05, 3.63) is 65.2 Å². The van der Waals surface area contributed by atoms with Crippen LogP contribution in [0.1, 0.15) is 34.3 Å². The molecule has 1 amide bonds. The van der Waals surface area contributed by atoms with Crippen molar-refractivity contribution in [3.63, 3.8) is 0 Å². The summed E-state index contributed by atoms with van der Waals surface area (Å²) in [7, 11) is 1.66. The number of aryl methyl sites for hydroxylation is 1. The number of rotatable bonds is 5. The van der Waals surface area contributed by atoms with E-state index >= 15 is 0 Å². The molecule has 114 valence electrons. The molecule has 22 heavy (non-hydrogen) atoms. The fourth-order valence-electron chi connectivity index (χ4n) is 2.65. The number of benzene rings is 2. The molecule has 1 fully saturated rings. The van der Waals surface area contributed by atoms with E-state index in [2.05, 4.69) is 0 Å². The molecule has 0 bridgehead atoms. The van der Waals surface area contributed by atoms with Gasteiger partial charge in [-0.2, -0.15) is 0 Å². The highest BCUT2D eigenvalue weighted by Crippen LogP contribution is 2.30. The van der Waals surface area contributed by atoms with E-state index in [9.17, 15) is 4.79 Å². The van der Waals surface area contributed by atoms with Gasteiger partial charge >= 0.3 is 0 Å². The van der Waals surface area contributed by atoms with Crippen LogP contribution in [0.25, 0.3) is 0 Å². The third kappa shape index (κ3) is 3.14. The number of carbonyl (C=O) groups excluding carboxylic acids is 1. The van der Waals surface area contributed by atoms with Crippen LogP contribution in [-0.2, 0) is 6.54 Å². The van der Waals surface area contributed by atoms with Gasteiger partial charge in [0.15, 0.2) is 0 Å². The molecule has 2 aromatic carbocycles. The molecule has 3 rings (SSSR count). The summed E-state index contributed by atoms with van der Waals surface area (Å²) < 4.78 is 5.19. The molecule has 0 aromatic heterocycles. The average molecular weight is 295 g/mol. The van der Waals surface area contributed by atoms with Crippen LogP contribution in [0, 0.1) is 6.92 Å². The van der Waals surface area contributed by atoms with Crippen LogP contribution < -0.4 is 4.74 Å². The molecule has 3 heteroatoms. The fraction of sp³-hybridized carbons (Fsp3) is 0.316. The van der Waals surface area contributed by atoms with E-state index in [1.165, 1.54) is 0 Å². The van der Waals surface area contributed by atoms with Crippen LogP contribution in [0.2, 0.25) is 0 Å². The van der Waals surface area contributed by atoms with Gasteiger partial charge in [0, 0.05) is 18.2 Å². The molecule has 0 atom stereocenters. The first kappa shape index (κ1) is 14.6. The second-order valence-electron chi connectivity index (χ2n) is 5.83. The largest absolute Gasteiger partial charge is 0.497 e. The maximum Gasteiger partial charge on any atom is 0.254 e. The lowest BCUT2D eigenvalue weighted by Gasteiger charge is -2.23. The van der Waals surface area contributed by atoms with E-state index in [1.54, 1.807) is 7.11 Å². The van der Waals surface area contributed by atoms with Gasteiger partial charge in [0.25, 0.3) is 5.91 Å². The maximum absolute atomic E-state index is 12.9. The Bertz CT molecular complexity index is 659. The third-order valence-electron chi connectivity index (χ3n) is 4.14. The Balaban J connectivity index is 1.80. The summed E-state index contributed by atoms with van der Waals surface area (Å²) >= 11 is 0. The predicted octanol–water partition coefficient (Wildman–Crippen LogP) is 3.81. The van der Waals surface area contributed by atoms with Crippen LogP contribution in [0.3, 0.4) is 0 Å². The standard InChI is InChI=1S/C19H21NO2/c1-14-5-3-4-6-18(14)19(21)20(16-9-10-16)13-15-7-11-17(22-2)12-8-15/h3-8,11-12,16H,9-10,13H2,1-2H3. The summed E-state index contributed by atoms with van der Waals surface area (Å²) in [4.78, 5) is 14.9. The van der Waals surface area contributed by atoms with Crippen molar-refractivity contribution in [1.29, 1.82) is 0 Å². The maximum atomic E-state index is 12.9. The average Bonchev–Trinajstić information content (AvgIpc) is 3.38. The lowest BCUT2D eigenvalue weighted by Crippen LogP contribution is -2.33. The quantitative estimate of drug-likeness (QED) is 0.839. The minimum Gasteiger partial charge on any atom is -0.497 e. The normalized spacial score (nSPS) is 13.7. The number of methoxy groups -OCH3 is 1. The first-order valence-corrected chi connectivity index (χ1v) is 7.68. The van der Waals surface area contributed by atoms with Gasteiger partial charge in [0.2, 0.25) is 0 Å². The second kappa shape index (κ2) is 6.22. The second-order valence-corrected chi connectivity index (χ2v) is 5.83. The predicted molar refractivity (Wildman–Crippen MR) is 87.1 cm³/mol. The highest BCUT2D eigenvalue weighted by Gasteiger charge is 2.33. The zero-order valence-electron chi connectivity index (χ0n) is 13.1. The number of ether oxygens (including phenoxy) is 1. The van der Waals surface area contributed by atoms with Crippen molar-refractivity contribution in [2.75, 3.05) is 7.11 Å². The van der Waals surface area contributed by atoms with Gasteiger partial charge in [-0.1, -0.05) is 30.3 Å². The van der Waals surface area contributed by atoms with Gasteiger partial charge in [0.1, 0.15) is 5.75 Å². The minimum absolute atomic E-state index is 0.136. The molecule has 2 aromatic rings. The van der Waals surface area contributed by atoms with Crippen molar-refractivity contribution >= 4 is 5.91 Å². The van der Waals surface area contributed by atoms with Crippen molar-refractivity contribution in [2.45, 2.75) is 32.4 Å². The first-order valence-electron chi connectivity index (χ1n) is 7.68. The molecule has 0 spiro atoms. The lowest BCUT2D eigenvalue weighted by molar-refractivity contribution is 0.0729. The smallest absolute Gasteiger partial charge is 0.254 e. The van der Waals surface area contributed by atoms with Gasteiger partial charge in [-0.3, -0.25) is 4.79 Å². The van der Waals surface area contributed by atoms with E-state index < -0.39 is 0 Å². The Kier molecular flexibility index (Phi) is 4.14. The Morgan fingerprint density at radius 2 is 1.82 bits per heavy atom. The van der Waals surface area contributed by atoms with Crippen LogP contribution in [-0.4, -0.2) is 24.0 Å². The van der Waals surface area contributed by atoms with Crippen molar-refractivity contribution in [3.8, 4) is 5.75 Å². The van der Waals surface area contributed by atoms with Crippen LogP contribution >= 0.6 is 0 Å². The number of hydrogen-bond donors (Lipinski definition) is 0. The molecule has 1 aliphatic rings. The minimum atomic E-state index is 0.136. The highest BCUT2D eigenvalue weighted by molar-refractivity contribution is 5.96. The van der Waals surface area contributed by atoms with Crippen molar-refractivity contribution < 1.29 is 9.53 Å². The summed E-state index contributed by atoms with van der Waals surface area (Å²) in [5, 5.41) is 0. The van der Waals surface area contributed by atoms with E-state index in [0.717, 1.165) is 35.3 Å². The zero-order valence-corrected chi connectivity index (χ0v) is 13.1. The Hall–Kier alpha value is -2.29. The van der Waals surface area contributed by atoms with Gasteiger partial charge < -0.3 is 9.64 Å². The lowest BCUT2D eigenvalue weighted by atomic mass is 10.1. The van der Waals surface area contributed by atoms with Crippen molar-refractivity contribution in [1.82, 2.24) is 4.90 Å². The summed E-state index contributed by atoms with van der Waals surface area (Å²) in [6.45, 7) is 2.65. The number of hydrogen-bond acceptors (Lipinski definition) is 2. The topological polar surface area (TPSA) is 29.5 Å². The third-order valence-corrected chi connectivity index (χ3v) is 4.14. The summed E-state index contributed by atoms with van der Waals surface area (Å²) in [5.41, 5.74) is 2.98. The van der Waals surface area contributed by atoms with E-state index in [0.29, 0.717) is 12.6 Å². The molecular formula is C19H21NO2. The van der Waals surface area contributed by atoms with E-state index in [1.807, 2.05) is 60.4 Å². The van der Waals surface area contributed by atoms with Crippen LogP contribution in [0.15, 0.2) is 48.5 Å². The SMILES string of the molecule is COc1ccc(CN(C(=O)c2ccccc2C)C2CC2)cc1. The number of carbonyl (C=O) groups is 1. The first-order chi connectivity index (χ1) is 10.7. The molecule has 1 aliphatic carbocycles. The molecule has 0 radical (unpaired) electrons. The Labute approximate surface area is 131 Å². The molecule has 1 saturated carbocycles. The van der Waals surface area contributed by atoms with Crippen LogP contribution in [0.4, 0.5) is 0 Å². The molecular weight excluding hydrogens is 274 g/mol.